The lowest BCUT2D eigenvalue weighted by Crippen LogP contribution is -2.15. The van der Waals surface area contributed by atoms with E-state index in [2.05, 4.69) is 10.3 Å². The fourth-order valence-corrected chi connectivity index (χ4v) is 1.85. The molecule has 3 rings (SSSR count). The van der Waals surface area contributed by atoms with E-state index in [0.717, 1.165) is 0 Å². The van der Waals surface area contributed by atoms with E-state index in [1.54, 1.807) is 48.5 Å². The van der Waals surface area contributed by atoms with E-state index in [4.69, 9.17) is 0 Å². The van der Waals surface area contributed by atoms with Crippen LogP contribution in [0.3, 0.4) is 0 Å². The lowest BCUT2D eigenvalue weighted by atomic mass is 10.2. The molecule has 88 valence electrons. The maximum Gasteiger partial charge on any atom is 0.299 e. The summed E-state index contributed by atoms with van der Waals surface area (Å²) in [5, 5.41) is 17.7. The maximum atomic E-state index is 11.6. The van der Waals surface area contributed by atoms with Gasteiger partial charge in [0.05, 0.1) is 10.9 Å². The zero-order valence-corrected chi connectivity index (χ0v) is 9.32. The van der Waals surface area contributed by atoms with E-state index >= 15 is 0 Å². The molecule has 0 amide bonds. The molecule has 0 aliphatic heterocycles. The molecule has 5 nitrogen and oxygen atoms in total. The number of fused-ring (bicyclic) bond motifs is 1. The van der Waals surface area contributed by atoms with Gasteiger partial charge in [-0.15, -0.1) is 0 Å². The van der Waals surface area contributed by atoms with Gasteiger partial charge in [-0.2, -0.15) is 0 Å². The van der Waals surface area contributed by atoms with Crippen LogP contribution in [0.15, 0.2) is 53.3 Å². The highest BCUT2D eigenvalue weighted by atomic mass is 16.3. The van der Waals surface area contributed by atoms with Crippen molar-refractivity contribution in [2.45, 2.75) is 0 Å². The Morgan fingerprint density at radius 2 is 1.72 bits per heavy atom. The van der Waals surface area contributed by atoms with Gasteiger partial charge in [0.1, 0.15) is 11.4 Å². The average Bonchev–Trinajstić information content (AvgIpc) is 2.41. The third-order valence-corrected chi connectivity index (χ3v) is 2.70. The first-order valence-corrected chi connectivity index (χ1v) is 5.40. The molecule has 18 heavy (non-hydrogen) atoms. The Labute approximate surface area is 102 Å². The predicted molar refractivity (Wildman–Crippen MR) is 66.8 cm³/mol. The number of nitrogens with zero attached hydrogens (tertiary/aromatic N) is 3. The van der Waals surface area contributed by atoms with Gasteiger partial charge in [-0.25, -0.2) is 4.68 Å². The van der Waals surface area contributed by atoms with Crippen LogP contribution in [0.2, 0.25) is 0 Å². The maximum absolute atomic E-state index is 11.6. The second kappa shape index (κ2) is 3.96. The minimum atomic E-state index is -0.378. The van der Waals surface area contributed by atoms with E-state index in [1.165, 1.54) is 4.68 Å². The Balaban J connectivity index is 2.41. The van der Waals surface area contributed by atoms with Gasteiger partial charge in [-0.1, -0.05) is 34.6 Å². The summed E-state index contributed by atoms with van der Waals surface area (Å²) in [6.45, 7) is 0. The summed E-state index contributed by atoms with van der Waals surface area (Å²) in [7, 11) is 0. The number of phenols is 1. The lowest BCUT2D eigenvalue weighted by Gasteiger charge is -2.08. The second-order valence-electron chi connectivity index (χ2n) is 3.81. The molecule has 1 aromatic heterocycles. The van der Waals surface area contributed by atoms with Crippen molar-refractivity contribution in [1.82, 2.24) is 15.0 Å². The zero-order valence-electron chi connectivity index (χ0n) is 9.32. The Kier molecular flexibility index (Phi) is 2.30. The summed E-state index contributed by atoms with van der Waals surface area (Å²) >= 11 is 0. The van der Waals surface area contributed by atoms with Gasteiger partial charge in [0.2, 0.25) is 0 Å². The fraction of sp³-hybridized carbons (Fsp3) is 0. The molecule has 0 aliphatic rings. The molecular formula is C13H9N3O2. The number of hydrogen-bond donors (Lipinski definition) is 1. The largest absolute Gasteiger partial charge is 0.506 e. The van der Waals surface area contributed by atoms with Gasteiger partial charge in [-0.05, 0) is 24.3 Å². The monoisotopic (exact) mass is 239 g/mol. The Bertz CT molecular complexity index is 780. The van der Waals surface area contributed by atoms with Gasteiger partial charge in [-0.3, -0.25) is 4.79 Å². The van der Waals surface area contributed by atoms with E-state index in [-0.39, 0.29) is 11.3 Å². The number of para-hydroxylation sites is 3. The highest BCUT2D eigenvalue weighted by Gasteiger charge is 2.08. The number of phenolic OH excluding ortho intramolecular Hbond substituents is 1. The molecule has 0 saturated carbocycles. The van der Waals surface area contributed by atoms with Crippen molar-refractivity contribution in [3.63, 3.8) is 0 Å². The molecule has 0 aliphatic carbocycles. The first kappa shape index (κ1) is 10.5. The first-order chi connectivity index (χ1) is 8.77. The zero-order chi connectivity index (χ0) is 12.5. The van der Waals surface area contributed by atoms with E-state index in [1.807, 2.05) is 0 Å². The summed E-state index contributed by atoms with van der Waals surface area (Å²) in [5.74, 6) is 0.0839. The summed E-state index contributed by atoms with van der Waals surface area (Å²) in [5.41, 5.74) is 0.720. The lowest BCUT2D eigenvalue weighted by molar-refractivity contribution is 0.469. The van der Waals surface area contributed by atoms with Crippen molar-refractivity contribution in [2.75, 3.05) is 0 Å². The summed E-state index contributed by atoms with van der Waals surface area (Å²) < 4.78 is 1.45. The SMILES string of the molecule is O=c1nnn(-c2ccccc2O)c2ccccc12. The van der Waals surface area contributed by atoms with Gasteiger partial charge >= 0.3 is 0 Å². The topological polar surface area (TPSA) is 68.0 Å². The number of aromatic hydroxyl groups is 1. The average molecular weight is 239 g/mol. The molecule has 0 radical (unpaired) electrons. The van der Waals surface area contributed by atoms with Crippen LogP contribution in [0.25, 0.3) is 16.6 Å². The predicted octanol–water partition coefficient (Wildman–Crippen LogP) is 1.49. The number of aromatic nitrogens is 3. The quantitative estimate of drug-likeness (QED) is 0.698. The third kappa shape index (κ3) is 1.53. The van der Waals surface area contributed by atoms with Crippen molar-refractivity contribution in [3.05, 3.63) is 58.9 Å². The molecule has 0 bridgehead atoms. The van der Waals surface area contributed by atoms with Gasteiger partial charge in [0.25, 0.3) is 5.56 Å². The second-order valence-corrected chi connectivity index (χ2v) is 3.81. The molecule has 5 heteroatoms. The molecule has 0 atom stereocenters. The van der Waals surface area contributed by atoms with Crippen LogP contribution in [-0.2, 0) is 0 Å². The molecule has 0 saturated heterocycles. The normalized spacial score (nSPS) is 10.7. The first-order valence-electron chi connectivity index (χ1n) is 5.40. The summed E-state index contributed by atoms with van der Waals surface area (Å²) in [4.78, 5) is 11.6. The van der Waals surface area contributed by atoms with Crippen molar-refractivity contribution in [3.8, 4) is 11.4 Å². The molecule has 0 spiro atoms. The molecule has 1 N–H and O–H groups in total. The minimum Gasteiger partial charge on any atom is -0.506 e. The van der Waals surface area contributed by atoms with Crippen molar-refractivity contribution < 1.29 is 5.11 Å². The molecule has 0 unspecified atom stereocenters. The van der Waals surface area contributed by atoms with Crippen molar-refractivity contribution in [2.24, 2.45) is 0 Å². The highest BCUT2D eigenvalue weighted by molar-refractivity contribution is 5.79. The smallest absolute Gasteiger partial charge is 0.299 e. The molecule has 1 heterocycles. The highest BCUT2D eigenvalue weighted by Crippen LogP contribution is 2.22. The van der Waals surface area contributed by atoms with Crippen LogP contribution in [0.5, 0.6) is 5.75 Å². The summed E-state index contributed by atoms with van der Waals surface area (Å²) in [6, 6.07) is 13.8. The molecule has 0 fully saturated rings. The van der Waals surface area contributed by atoms with Gasteiger partial charge < -0.3 is 5.11 Å². The standard InChI is InChI=1S/C13H9N3O2/c17-12-8-4-3-7-11(12)16-10-6-2-1-5-9(10)13(18)14-15-16/h1-8,17H. The van der Waals surface area contributed by atoms with E-state index in [9.17, 15) is 9.90 Å². The van der Waals surface area contributed by atoms with Crippen LogP contribution >= 0.6 is 0 Å². The fourth-order valence-electron chi connectivity index (χ4n) is 1.85. The molecular weight excluding hydrogens is 230 g/mol. The van der Waals surface area contributed by atoms with Crippen LogP contribution in [0, 0.1) is 0 Å². The van der Waals surface area contributed by atoms with E-state index in [0.29, 0.717) is 16.6 Å². The summed E-state index contributed by atoms with van der Waals surface area (Å²) in [6.07, 6.45) is 0. The Morgan fingerprint density at radius 1 is 1.00 bits per heavy atom. The van der Waals surface area contributed by atoms with Crippen LogP contribution < -0.4 is 5.56 Å². The van der Waals surface area contributed by atoms with Crippen LogP contribution in [-0.4, -0.2) is 20.1 Å². The number of hydrogen-bond acceptors (Lipinski definition) is 4. The van der Waals surface area contributed by atoms with Crippen LogP contribution in [0.4, 0.5) is 0 Å². The Morgan fingerprint density at radius 3 is 2.56 bits per heavy atom. The van der Waals surface area contributed by atoms with Gasteiger partial charge in [0.15, 0.2) is 0 Å². The van der Waals surface area contributed by atoms with E-state index < -0.39 is 0 Å². The molecule has 2 aromatic carbocycles. The van der Waals surface area contributed by atoms with Crippen LogP contribution in [0.1, 0.15) is 0 Å². The van der Waals surface area contributed by atoms with Crippen molar-refractivity contribution >= 4 is 10.9 Å². The minimum absolute atomic E-state index is 0.0839. The molecule has 3 aromatic rings. The number of benzene rings is 2. The van der Waals surface area contributed by atoms with Crippen molar-refractivity contribution in [1.29, 1.82) is 0 Å². The van der Waals surface area contributed by atoms with Gasteiger partial charge in [0, 0.05) is 0 Å². The number of rotatable bonds is 1. The third-order valence-electron chi connectivity index (χ3n) is 2.70. The Hall–Kier alpha value is -2.69.